The van der Waals surface area contributed by atoms with Gasteiger partial charge in [-0.2, -0.15) is 0 Å². The monoisotopic (exact) mass is 216 g/mol. The predicted octanol–water partition coefficient (Wildman–Crippen LogP) is 3.99. The van der Waals surface area contributed by atoms with Gasteiger partial charge in [-0.05, 0) is 56.4 Å². The van der Waals surface area contributed by atoms with Crippen molar-refractivity contribution in [1.29, 1.82) is 0 Å². The maximum atomic E-state index is 10.8. The van der Waals surface area contributed by atoms with E-state index in [1.54, 1.807) is 6.92 Å². The van der Waals surface area contributed by atoms with Crippen LogP contribution in [0.5, 0.6) is 0 Å². The summed E-state index contributed by atoms with van der Waals surface area (Å²) >= 11 is 0. The highest BCUT2D eigenvalue weighted by Gasteiger charge is 1.98. The van der Waals surface area contributed by atoms with Crippen molar-refractivity contribution >= 4 is 11.9 Å². The van der Waals surface area contributed by atoms with Crippen LogP contribution in [0.4, 0.5) is 0 Å². The molecule has 1 aromatic rings. The minimum Gasteiger partial charge on any atom is -0.300 e. The minimum absolute atomic E-state index is 0.251. The van der Waals surface area contributed by atoms with Crippen LogP contribution in [0.1, 0.15) is 42.0 Å². The summed E-state index contributed by atoms with van der Waals surface area (Å²) in [5.74, 6) is 0.251. The Labute approximate surface area is 98.2 Å². The van der Waals surface area contributed by atoms with Gasteiger partial charge in [0.2, 0.25) is 0 Å². The van der Waals surface area contributed by atoms with Crippen LogP contribution in [-0.2, 0) is 4.79 Å². The van der Waals surface area contributed by atoms with Gasteiger partial charge in [-0.1, -0.05) is 24.3 Å². The van der Waals surface area contributed by atoms with Gasteiger partial charge in [0.25, 0.3) is 0 Å². The summed E-state index contributed by atoms with van der Waals surface area (Å²) in [6.45, 7) is 8.01. The van der Waals surface area contributed by atoms with Gasteiger partial charge in [-0.25, -0.2) is 0 Å². The van der Waals surface area contributed by atoms with E-state index in [0.717, 1.165) is 6.42 Å². The first-order valence-electron chi connectivity index (χ1n) is 5.74. The summed E-state index contributed by atoms with van der Waals surface area (Å²) in [6.07, 6.45) is 5.67. The van der Waals surface area contributed by atoms with E-state index in [1.807, 2.05) is 0 Å². The molecule has 1 nitrogen and oxygen atoms in total. The first kappa shape index (κ1) is 12.7. The smallest absolute Gasteiger partial charge is 0.130 e. The second kappa shape index (κ2) is 5.64. The van der Waals surface area contributed by atoms with Crippen LogP contribution in [0, 0.1) is 20.8 Å². The minimum atomic E-state index is 0.251. The Morgan fingerprint density at radius 1 is 1.12 bits per heavy atom. The highest BCUT2D eigenvalue weighted by molar-refractivity contribution is 5.75. The van der Waals surface area contributed by atoms with E-state index in [4.69, 9.17) is 0 Å². The third-order valence-electron chi connectivity index (χ3n) is 2.84. The molecule has 0 fully saturated rings. The second-order valence-electron chi connectivity index (χ2n) is 4.44. The van der Waals surface area contributed by atoms with E-state index in [1.165, 1.54) is 22.3 Å². The molecule has 1 rings (SSSR count). The van der Waals surface area contributed by atoms with Crippen LogP contribution < -0.4 is 0 Å². The zero-order valence-corrected chi connectivity index (χ0v) is 10.6. The van der Waals surface area contributed by atoms with Crippen LogP contribution in [-0.4, -0.2) is 5.78 Å². The molecular formula is C15H20O. The number of benzene rings is 1. The zero-order chi connectivity index (χ0) is 12.1. The number of ketones is 1. The first-order chi connectivity index (χ1) is 7.50. The largest absolute Gasteiger partial charge is 0.300 e. The Kier molecular flexibility index (Phi) is 4.48. The number of allylic oxidation sites excluding steroid dienone is 1. The molecule has 0 saturated heterocycles. The fourth-order valence-corrected chi connectivity index (χ4v) is 1.66. The molecule has 0 aliphatic carbocycles. The highest BCUT2D eigenvalue weighted by Crippen LogP contribution is 2.16. The summed E-state index contributed by atoms with van der Waals surface area (Å²) in [7, 11) is 0. The fourth-order valence-electron chi connectivity index (χ4n) is 1.66. The molecule has 0 radical (unpaired) electrons. The van der Waals surface area contributed by atoms with Crippen molar-refractivity contribution in [3.05, 3.63) is 40.5 Å². The Balaban J connectivity index is 2.73. The Morgan fingerprint density at radius 2 is 1.75 bits per heavy atom. The van der Waals surface area contributed by atoms with Crippen molar-refractivity contribution in [2.75, 3.05) is 0 Å². The number of rotatable bonds is 4. The molecule has 1 aromatic carbocycles. The standard InChI is InChI=1S/C15H20O/c1-11-9-13(3)15(10-12(11)2)8-6-5-7-14(4)16/h6,8-10H,5,7H2,1-4H3/b8-6+. The van der Waals surface area contributed by atoms with Gasteiger partial charge < -0.3 is 4.79 Å². The number of aryl methyl sites for hydroxylation is 3. The van der Waals surface area contributed by atoms with Crippen LogP contribution in [0.25, 0.3) is 6.08 Å². The Hall–Kier alpha value is -1.37. The predicted molar refractivity (Wildman–Crippen MR) is 69.6 cm³/mol. The van der Waals surface area contributed by atoms with E-state index < -0.39 is 0 Å². The summed E-state index contributed by atoms with van der Waals surface area (Å²) in [6, 6.07) is 4.41. The van der Waals surface area contributed by atoms with Gasteiger partial charge in [0.15, 0.2) is 0 Å². The lowest BCUT2D eigenvalue weighted by Gasteiger charge is -2.05. The molecule has 0 atom stereocenters. The average Bonchev–Trinajstić information content (AvgIpc) is 2.19. The summed E-state index contributed by atoms with van der Waals surface area (Å²) in [5.41, 5.74) is 5.20. The van der Waals surface area contributed by atoms with Gasteiger partial charge in [-0.15, -0.1) is 0 Å². The second-order valence-corrected chi connectivity index (χ2v) is 4.44. The number of carbonyl (C=O) groups is 1. The van der Waals surface area contributed by atoms with E-state index in [2.05, 4.69) is 45.1 Å². The molecule has 0 amide bonds. The summed E-state index contributed by atoms with van der Waals surface area (Å²) < 4.78 is 0. The molecule has 1 heteroatoms. The molecule has 0 heterocycles. The van der Waals surface area contributed by atoms with Gasteiger partial charge >= 0.3 is 0 Å². The van der Waals surface area contributed by atoms with E-state index in [-0.39, 0.29) is 5.78 Å². The van der Waals surface area contributed by atoms with Gasteiger partial charge in [0.1, 0.15) is 5.78 Å². The quantitative estimate of drug-likeness (QED) is 0.743. The molecule has 86 valence electrons. The lowest BCUT2D eigenvalue weighted by molar-refractivity contribution is -0.116. The molecule has 0 bridgehead atoms. The van der Waals surface area contributed by atoms with Crippen molar-refractivity contribution in [3.63, 3.8) is 0 Å². The van der Waals surface area contributed by atoms with Gasteiger partial charge in [0.05, 0.1) is 0 Å². The van der Waals surface area contributed by atoms with Crippen LogP contribution in [0.2, 0.25) is 0 Å². The van der Waals surface area contributed by atoms with Crippen LogP contribution in [0.15, 0.2) is 18.2 Å². The molecule has 0 aliphatic heterocycles. The third kappa shape index (κ3) is 3.65. The molecule has 0 aromatic heterocycles. The van der Waals surface area contributed by atoms with Crippen molar-refractivity contribution in [1.82, 2.24) is 0 Å². The normalized spacial score (nSPS) is 11.0. The number of Topliss-reactive ketones (excluding diaryl/α,β-unsaturated/α-hetero) is 1. The Morgan fingerprint density at radius 3 is 2.38 bits per heavy atom. The molecule has 0 spiro atoms. The number of hydrogen-bond acceptors (Lipinski definition) is 1. The van der Waals surface area contributed by atoms with E-state index in [9.17, 15) is 4.79 Å². The molecule has 0 unspecified atom stereocenters. The Bertz CT molecular complexity index is 414. The lowest BCUT2D eigenvalue weighted by Crippen LogP contribution is -1.88. The molecule has 0 aliphatic rings. The van der Waals surface area contributed by atoms with Crippen molar-refractivity contribution in [2.45, 2.75) is 40.5 Å². The molecular weight excluding hydrogens is 196 g/mol. The van der Waals surface area contributed by atoms with Crippen LogP contribution in [0.3, 0.4) is 0 Å². The average molecular weight is 216 g/mol. The van der Waals surface area contributed by atoms with Crippen LogP contribution >= 0.6 is 0 Å². The molecule has 16 heavy (non-hydrogen) atoms. The first-order valence-corrected chi connectivity index (χ1v) is 5.74. The number of carbonyl (C=O) groups excluding carboxylic acids is 1. The maximum Gasteiger partial charge on any atom is 0.130 e. The van der Waals surface area contributed by atoms with Crippen molar-refractivity contribution in [3.8, 4) is 0 Å². The van der Waals surface area contributed by atoms with Crippen molar-refractivity contribution < 1.29 is 4.79 Å². The summed E-state index contributed by atoms with van der Waals surface area (Å²) in [5, 5.41) is 0. The SMILES string of the molecule is CC(=O)CC/C=C/c1cc(C)c(C)cc1C. The number of hydrogen-bond donors (Lipinski definition) is 0. The van der Waals surface area contributed by atoms with E-state index in [0.29, 0.717) is 6.42 Å². The zero-order valence-electron chi connectivity index (χ0n) is 10.6. The molecule has 0 saturated carbocycles. The third-order valence-corrected chi connectivity index (χ3v) is 2.84. The maximum absolute atomic E-state index is 10.8. The summed E-state index contributed by atoms with van der Waals surface area (Å²) in [4.78, 5) is 10.8. The fraction of sp³-hybridized carbons (Fsp3) is 0.400. The van der Waals surface area contributed by atoms with Gasteiger partial charge in [0, 0.05) is 6.42 Å². The topological polar surface area (TPSA) is 17.1 Å². The van der Waals surface area contributed by atoms with Crippen molar-refractivity contribution in [2.24, 2.45) is 0 Å². The van der Waals surface area contributed by atoms with E-state index >= 15 is 0 Å². The molecule has 0 N–H and O–H groups in total. The lowest BCUT2D eigenvalue weighted by atomic mass is 10.0. The van der Waals surface area contributed by atoms with Gasteiger partial charge in [-0.3, -0.25) is 0 Å². The highest BCUT2D eigenvalue weighted by atomic mass is 16.1.